The van der Waals surface area contributed by atoms with Gasteiger partial charge in [0.05, 0.1) is 0 Å². The molecule has 0 fully saturated rings. The van der Waals surface area contributed by atoms with Crippen LogP contribution in [0.25, 0.3) is 0 Å². The van der Waals surface area contributed by atoms with Gasteiger partial charge in [-0.15, -0.1) is 0 Å². The summed E-state index contributed by atoms with van der Waals surface area (Å²) in [5, 5.41) is 17.3. The van der Waals surface area contributed by atoms with Gasteiger partial charge < -0.3 is 21.1 Å². The molecule has 2 amide bonds. The molecular weight excluding hydrogens is 234 g/mol. The molecular formula is C12H25N3O3. The third kappa shape index (κ3) is 7.11. The highest BCUT2D eigenvalue weighted by atomic mass is 16.4. The lowest BCUT2D eigenvalue weighted by atomic mass is 9.87. The molecule has 6 heteroatoms. The first-order chi connectivity index (χ1) is 8.29. The van der Waals surface area contributed by atoms with Gasteiger partial charge in [0.15, 0.2) is 0 Å². The monoisotopic (exact) mass is 259 g/mol. The Morgan fingerprint density at radius 2 is 1.83 bits per heavy atom. The Morgan fingerprint density at radius 1 is 1.22 bits per heavy atom. The SMILES string of the molecule is CCNCCCNC(=O)N[C@@H](C(=O)O)C(C)(C)C. The summed E-state index contributed by atoms with van der Waals surface area (Å²) in [5.41, 5.74) is -0.521. The zero-order chi connectivity index (χ0) is 14.2. The molecule has 0 saturated carbocycles. The second kappa shape index (κ2) is 7.92. The lowest BCUT2D eigenvalue weighted by Gasteiger charge is -2.27. The Hall–Kier alpha value is -1.30. The molecule has 0 radical (unpaired) electrons. The molecule has 0 bridgehead atoms. The molecule has 4 N–H and O–H groups in total. The first kappa shape index (κ1) is 16.7. The van der Waals surface area contributed by atoms with E-state index in [1.54, 1.807) is 20.8 Å². The lowest BCUT2D eigenvalue weighted by Crippen LogP contribution is -2.52. The van der Waals surface area contributed by atoms with E-state index in [1.165, 1.54) is 0 Å². The molecule has 0 aromatic heterocycles. The molecule has 0 aliphatic heterocycles. The maximum Gasteiger partial charge on any atom is 0.326 e. The van der Waals surface area contributed by atoms with Crippen LogP contribution in [0.4, 0.5) is 4.79 Å². The number of carboxylic acids is 1. The van der Waals surface area contributed by atoms with Crippen LogP contribution in [0.1, 0.15) is 34.1 Å². The van der Waals surface area contributed by atoms with Gasteiger partial charge in [0.2, 0.25) is 0 Å². The third-order valence-corrected chi connectivity index (χ3v) is 2.45. The van der Waals surface area contributed by atoms with E-state index in [0.717, 1.165) is 19.5 Å². The molecule has 1 atom stereocenters. The Bertz CT molecular complexity index is 274. The van der Waals surface area contributed by atoms with Gasteiger partial charge in [-0.25, -0.2) is 9.59 Å². The topological polar surface area (TPSA) is 90.5 Å². The number of hydrogen-bond donors (Lipinski definition) is 4. The molecule has 0 spiro atoms. The fourth-order valence-electron chi connectivity index (χ4n) is 1.42. The average molecular weight is 259 g/mol. The summed E-state index contributed by atoms with van der Waals surface area (Å²) in [6.45, 7) is 9.59. The first-order valence-electron chi connectivity index (χ1n) is 6.27. The van der Waals surface area contributed by atoms with E-state index in [4.69, 9.17) is 5.11 Å². The summed E-state index contributed by atoms with van der Waals surface area (Å²) in [4.78, 5) is 22.6. The smallest absolute Gasteiger partial charge is 0.326 e. The lowest BCUT2D eigenvalue weighted by molar-refractivity contribution is -0.141. The highest BCUT2D eigenvalue weighted by molar-refractivity contribution is 5.83. The number of carboxylic acid groups (broad SMARTS) is 1. The van der Waals surface area contributed by atoms with Crippen LogP contribution >= 0.6 is 0 Å². The van der Waals surface area contributed by atoms with Crippen LogP contribution in [0.5, 0.6) is 0 Å². The summed E-state index contributed by atoms with van der Waals surface area (Å²) in [5.74, 6) is -1.02. The van der Waals surface area contributed by atoms with E-state index in [2.05, 4.69) is 16.0 Å². The Balaban J connectivity index is 4.01. The molecule has 0 rings (SSSR count). The predicted octanol–water partition coefficient (Wildman–Crippen LogP) is 0.785. The number of carbonyl (C=O) groups is 2. The highest BCUT2D eigenvalue weighted by Crippen LogP contribution is 2.19. The van der Waals surface area contributed by atoms with Gasteiger partial charge in [0, 0.05) is 6.54 Å². The maximum absolute atomic E-state index is 11.5. The van der Waals surface area contributed by atoms with E-state index in [1.807, 2.05) is 6.92 Å². The fraction of sp³-hybridized carbons (Fsp3) is 0.833. The Morgan fingerprint density at radius 3 is 2.28 bits per heavy atom. The van der Waals surface area contributed by atoms with Crippen molar-refractivity contribution >= 4 is 12.0 Å². The van der Waals surface area contributed by atoms with Gasteiger partial charge >= 0.3 is 12.0 Å². The van der Waals surface area contributed by atoms with Gasteiger partial charge in [0.1, 0.15) is 6.04 Å². The molecule has 0 aromatic rings. The quantitative estimate of drug-likeness (QED) is 0.509. The summed E-state index contributed by atoms with van der Waals surface area (Å²) in [6, 6.07) is -1.33. The predicted molar refractivity (Wildman–Crippen MR) is 70.6 cm³/mol. The van der Waals surface area contributed by atoms with Crippen molar-refractivity contribution in [3.05, 3.63) is 0 Å². The zero-order valence-electron chi connectivity index (χ0n) is 11.7. The number of hydrogen-bond acceptors (Lipinski definition) is 3. The molecule has 0 aliphatic rings. The van der Waals surface area contributed by atoms with E-state index in [-0.39, 0.29) is 0 Å². The summed E-state index contributed by atoms with van der Waals surface area (Å²) < 4.78 is 0. The van der Waals surface area contributed by atoms with Gasteiger partial charge in [0.25, 0.3) is 0 Å². The van der Waals surface area contributed by atoms with Crippen molar-refractivity contribution in [1.29, 1.82) is 0 Å². The average Bonchev–Trinajstić information content (AvgIpc) is 2.23. The Kier molecular flexibility index (Phi) is 7.35. The van der Waals surface area contributed by atoms with Crippen LogP contribution in [0.3, 0.4) is 0 Å². The first-order valence-corrected chi connectivity index (χ1v) is 6.27. The van der Waals surface area contributed by atoms with Crippen LogP contribution < -0.4 is 16.0 Å². The number of nitrogens with one attached hydrogen (secondary N) is 3. The van der Waals surface area contributed by atoms with Crippen LogP contribution in [0.15, 0.2) is 0 Å². The van der Waals surface area contributed by atoms with Crippen LogP contribution in [-0.2, 0) is 4.79 Å². The van der Waals surface area contributed by atoms with Crippen molar-refractivity contribution < 1.29 is 14.7 Å². The molecule has 0 unspecified atom stereocenters. The molecule has 0 saturated heterocycles. The number of urea groups is 1. The van der Waals surface area contributed by atoms with Crippen LogP contribution in [-0.4, -0.2) is 42.8 Å². The van der Waals surface area contributed by atoms with Crippen molar-refractivity contribution in [2.45, 2.75) is 40.2 Å². The summed E-state index contributed by atoms with van der Waals surface area (Å²) >= 11 is 0. The van der Waals surface area contributed by atoms with Crippen molar-refractivity contribution in [3.63, 3.8) is 0 Å². The third-order valence-electron chi connectivity index (χ3n) is 2.45. The highest BCUT2D eigenvalue weighted by Gasteiger charge is 2.32. The van der Waals surface area contributed by atoms with Crippen molar-refractivity contribution in [2.24, 2.45) is 5.41 Å². The number of carbonyl (C=O) groups excluding carboxylic acids is 1. The van der Waals surface area contributed by atoms with Crippen molar-refractivity contribution in [3.8, 4) is 0 Å². The van der Waals surface area contributed by atoms with Crippen LogP contribution in [0.2, 0.25) is 0 Å². The summed E-state index contributed by atoms with van der Waals surface area (Å²) in [7, 11) is 0. The zero-order valence-corrected chi connectivity index (χ0v) is 11.7. The largest absolute Gasteiger partial charge is 0.480 e. The van der Waals surface area contributed by atoms with E-state index >= 15 is 0 Å². The van der Waals surface area contributed by atoms with Crippen LogP contribution in [0, 0.1) is 5.41 Å². The minimum atomic E-state index is -1.02. The second-order valence-electron chi connectivity index (χ2n) is 5.24. The minimum absolute atomic E-state index is 0.436. The standard InChI is InChI=1S/C12H25N3O3/c1-5-13-7-6-8-14-11(18)15-9(10(16)17)12(2,3)4/h9,13H,5-8H2,1-4H3,(H,16,17)(H2,14,15,18)/t9-/m0/s1. The normalized spacial score (nSPS) is 12.9. The molecule has 6 nitrogen and oxygen atoms in total. The summed E-state index contributed by atoms with van der Waals surface area (Å²) in [6.07, 6.45) is 0.814. The van der Waals surface area contributed by atoms with E-state index in [9.17, 15) is 9.59 Å². The molecule has 0 aliphatic carbocycles. The van der Waals surface area contributed by atoms with E-state index < -0.39 is 23.5 Å². The number of amides is 2. The second-order valence-corrected chi connectivity index (χ2v) is 5.24. The minimum Gasteiger partial charge on any atom is -0.480 e. The maximum atomic E-state index is 11.5. The Labute approximate surface area is 109 Å². The number of aliphatic carboxylic acids is 1. The van der Waals surface area contributed by atoms with Crippen molar-refractivity contribution in [2.75, 3.05) is 19.6 Å². The number of rotatable bonds is 7. The molecule has 0 aromatic carbocycles. The van der Waals surface area contributed by atoms with Gasteiger partial charge in [-0.2, -0.15) is 0 Å². The van der Waals surface area contributed by atoms with Gasteiger partial charge in [-0.3, -0.25) is 0 Å². The molecule has 106 valence electrons. The fourth-order valence-corrected chi connectivity index (χ4v) is 1.42. The van der Waals surface area contributed by atoms with E-state index in [0.29, 0.717) is 6.54 Å². The van der Waals surface area contributed by atoms with Crippen molar-refractivity contribution in [1.82, 2.24) is 16.0 Å². The van der Waals surface area contributed by atoms with Gasteiger partial charge in [-0.05, 0) is 24.9 Å². The van der Waals surface area contributed by atoms with Gasteiger partial charge in [-0.1, -0.05) is 27.7 Å². The molecule has 18 heavy (non-hydrogen) atoms. The molecule has 0 heterocycles.